The standard InChI is InChI=1S/C26H43N3OS/c1-7-8-9-19(3)27-22(16-29-15-12-18(2)23(30)17-29)24-20(4)31-25(28-24)21-10-13-26(5,6)14-11-21/h9,18,21,23,30H,7-8,10-17H2,1-6H3/b19-9+,27-22?. The number of hydrogen-bond acceptors (Lipinski definition) is 5. The molecule has 1 aromatic rings. The molecule has 1 aromatic heterocycles. The summed E-state index contributed by atoms with van der Waals surface area (Å²) in [5.74, 6) is 0.979. The summed E-state index contributed by atoms with van der Waals surface area (Å²) in [4.78, 5) is 13.9. The summed E-state index contributed by atoms with van der Waals surface area (Å²) in [5.41, 5.74) is 3.71. The minimum atomic E-state index is -0.246. The van der Waals surface area contributed by atoms with Crippen molar-refractivity contribution >= 4 is 17.0 Å². The fraction of sp³-hybridized carbons (Fsp3) is 0.769. The third kappa shape index (κ3) is 6.72. The summed E-state index contributed by atoms with van der Waals surface area (Å²) in [6, 6.07) is 0. The molecular formula is C26H43N3OS. The van der Waals surface area contributed by atoms with Crippen molar-refractivity contribution in [3.8, 4) is 0 Å². The lowest BCUT2D eigenvalue weighted by Gasteiger charge is -2.34. The van der Waals surface area contributed by atoms with Gasteiger partial charge in [0.2, 0.25) is 0 Å². The highest BCUT2D eigenvalue weighted by Crippen LogP contribution is 2.43. The zero-order valence-electron chi connectivity index (χ0n) is 20.6. The molecule has 1 aliphatic carbocycles. The van der Waals surface area contributed by atoms with Crippen LogP contribution < -0.4 is 0 Å². The van der Waals surface area contributed by atoms with Gasteiger partial charge >= 0.3 is 0 Å². The van der Waals surface area contributed by atoms with Crippen LogP contribution in [0.2, 0.25) is 0 Å². The Morgan fingerprint density at radius 2 is 2.00 bits per heavy atom. The van der Waals surface area contributed by atoms with Gasteiger partial charge < -0.3 is 5.11 Å². The van der Waals surface area contributed by atoms with Crippen LogP contribution in [0.1, 0.15) is 101 Å². The molecule has 1 N–H and O–H groups in total. The molecule has 5 heteroatoms. The number of piperidine rings is 1. The summed E-state index contributed by atoms with van der Waals surface area (Å²) in [5, 5.41) is 11.7. The molecule has 2 fully saturated rings. The summed E-state index contributed by atoms with van der Waals surface area (Å²) < 4.78 is 0. The molecule has 4 nitrogen and oxygen atoms in total. The van der Waals surface area contributed by atoms with Gasteiger partial charge in [0.05, 0.1) is 22.5 Å². The summed E-state index contributed by atoms with van der Waals surface area (Å²) in [6.07, 6.45) is 10.3. The lowest BCUT2D eigenvalue weighted by atomic mass is 9.73. The smallest absolute Gasteiger partial charge is 0.0999 e. The number of aliphatic imine (C=N–C) groups is 1. The van der Waals surface area contributed by atoms with Gasteiger partial charge in [-0.3, -0.25) is 9.89 Å². The maximum atomic E-state index is 10.4. The number of thiazole rings is 1. The highest BCUT2D eigenvalue weighted by molar-refractivity contribution is 7.12. The number of aliphatic hydroxyl groups excluding tert-OH is 1. The Labute approximate surface area is 193 Å². The maximum Gasteiger partial charge on any atom is 0.0999 e. The average Bonchev–Trinajstić information content (AvgIpc) is 3.10. The first kappa shape index (κ1) is 24.6. The van der Waals surface area contributed by atoms with Crippen LogP contribution >= 0.6 is 11.3 Å². The number of rotatable bonds is 7. The highest BCUT2D eigenvalue weighted by atomic mass is 32.1. The van der Waals surface area contributed by atoms with Crippen LogP contribution in [-0.2, 0) is 0 Å². The minimum absolute atomic E-state index is 0.246. The average molecular weight is 446 g/mol. The fourth-order valence-electron chi connectivity index (χ4n) is 4.75. The van der Waals surface area contributed by atoms with Crippen LogP contribution in [0.5, 0.6) is 0 Å². The first-order valence-electron chi connectivity index (χ1n) is 12.3. The van der Waals surface area contributed by atoms with E-state index < -0.39 is 0 Å². The SMILES string of the molecule is CCC/C=C(\C)N=C(CN1CCC(C)C(O)C1)c1nc(C2CCC(C)(C)CC2)sc1C. The number of likely N-dealkylation sites (tertiary alicyclic amines) is 1. The van der Waals surface area contributed by atoms with Gasteiger partial charge in [0.15, 0.2) is 0 Å². The molecule has 2 aliphatic rings. The van der Waals surface area contributed by atoms with Gasteiger partial charge in [0, 0.05) is 29.6 Å². The van der Waals surface area contributed by atoms with E-state index in [1.165, 1.54) is 35.6 Å². The number of aromatic nitrogens is 1. The summed E-state index contributed by atoms with van der Waals surface area (Å²) in [6.45, 7) is 16.0. The molecule has 3 rings (SSSR count). The molecule has 0 bridgehead atoms. The molecule has 0 amide bonds. The van der Waals surface area contributed by atoms with Crippen LogP contribution in [0.15, 0.2) is 16.8 Å². The predicted octanol–water partition coefficient (Wildman–Crippen LogP) is 6.33. The van der Waals surface area contributed by atoms with Crippen molar-refractivity contribution in [2.45, 2.75) is 98.5 Å². The summed E-state index contributed by atoms with van der Waals surface area (Å²) >= 11 is 1.88. The Kier molecular flexibility index (Phi) is 8.51. The molecular weight excluding hydrogens is 402 g/mol. The Morgan fingerprint density at radius 1 is 1.29 bits per heavy atom. The van der Waals surface area contributed by atoms with Crippen molar-refractivity contribution in [1.29, 1.82) is 0 Å². The van der Waals surface area contributed by atoms with E-state index in [0.717, 1.165) is 56.0 Å². The van der Waals surface area contributed by atoms with Crippen LogP contribution in [0.3, 0.4) is 0 Å². The maximum absolute atomic E-state index is 10.4. The molecule has 2 heterocycles. The van der Waals surface area contributed by atoms with Crippen LogP contribution in [0.4, 0.5) is 0 Å². The van der Waals surface area contributed by atoms with Gasteiger partial charge in [-0.05, 0) is 70.3 Å². The first-order valence-corrected chi connectivity index (χ1v) is 13.1. The summed E-state index contributed by atoms with van der Waals surface area (Å²) in [7, 11) is 0. The van der Waals surface area contributed by atoms with Crippen molar-refractivity contribution in [1.82, 2.24) is 9.88 Å². The van der Waals surface area contributed by atoms with Crippen molar-refractivity contribution < 1.29 is 5.11 Å². The quantitative estimate of drug-likeness (QED) is 0.499. The van der Waals surface area contributed by atoms with E-state index in [2.05, 4.69) is 52.5 Å². The number of β-amino-alcohol motifs (C(OH)–C–C–N with tert-alkyl or cyclic N) is 1. The molecule has 2 atom stereocenters. The zero-order chi connectivity index (χ0) is 22.6. The van der Waals surface area contributed by atoms with Gasteiger partial charge in [-0.15, -0.1) is 11.3 Å². The molecule has 31 heavy (non-hydrogen) atoms. The van der Waals surface area contributed by atoms with Gasteiger partial charge in [0.1, 0.15) is 0 Å². The lowest BCUT2D eigenvalue weighted by molar-refractivity contribution is 0.0359. The number of aryl methyl sites for hydroxylation is 1. The highest BCUT2D eigenvalue weighted by Gasteiger charge is 2.31. The first-order chi connectivity index (χ1) is 14.7. The molecule has 0 spiro atoms. The molecule has 2 unspecified atom stereocenters. The molecule has 1 saturated carbocycles. The molecule has 0 aromatic carbocycles. The molecule has 0 radical (unpaired) electrons. The Hall–Kier alpha value is -1.04. The van der Waals surface area contributed by atoms with E-state index >= 15 is 0 Å². The number of hydrogen-bond donors (Lipinski definition) is 1. The van der Waals surface area contributed by atoms with Gasteiger partial charge in [-0.25, -0.2) is 4.98 Å². The lowest BCUT2D eigenvalue weighted by Crippen LogP contribution is -2.45. The Morgan fingerprint density at radius 3 is 2.65 bits per heavy atom. The monoisotopic (exact) mass is 445 g/mol. The Balaban J connectivity index is 1.83. The van der Waals surface area contributed by atoms with E-state index in [1.54, 1.807) is 0 Å². The van der Waals surface area contributed by atoms with E-state index in [0.29, 0.717) is 17.3 Å². The molecule has 174 valence electrons. The van der Waals surface area contributed by atoms with Crippen molar-refractivity contribution in [2.24, 2.45) is 16.3 Å². The van der Waals surface area contributed by atoms with E-state index in [9.17, 15) is 5.11 Å². The van der Waals surface area contributed by atoms with Gasteiger partial charge in [-0.2, -0.15) is 0 Å². The normalized spacial score (nSPS) is 26.4. The van der Waals surface area contributed by atoms with E-state index in [1.807, 2.05) is 11.3 Å². The van der Waals surface area contributed by atoms with Crippen LogP contribution in [0.25, 0.3) is 0 Å². The molecule has 1 aliphatic heterocycles. The van der Waals surface area contributed by atoms with Gasteiger partial charge in [-0.1, -0.05) is 40.2 Å². The number of allylic oxidation sites excluding steroid dienone is 2. The second kappa shape index (κ2) is 10.7. The minimum Gasteiger partial charge on any atom is -0.392 e. The second-order valence-electron chi connectivity index (χ2n) is 10.7. The van der Waals surface area contributed by atoms with Crippen molar-refractivity contribution in [2.75, 3.05) is 19.6 Å². The van der Waals surface area contributed by atoms with Crippen molar-refractivity contribution in [3.05, 3.63) is 27.4 Å². The second-order valence-corrected chi connectivity index (χ2v) is 11.9. The topological polar surface area (TPSA) is 48.7 Å². The zero-order valence-corrected chi connectivity index (χ0v) is 21.4. The largest absolute Gasteiger partial charge is 0.392 e. The Bertz CT molecular complexity index is 785. The predicted molar refractivity (Wildman–Crippen MR) is 133 cm³/mol. The third-order valence-corrected chi connectivity index (χ3v) is 8.32. The number of nitrogens with zero attached hydrogens (tertiary/aromatic N) is 3. The molecule has 1 saturated heterocycles. The van der Waals surface area contributed by atoms with Crippen LogP contribution in [0, 0.1) is 18.3 Å². The van der Waals surface area contributed by atoms with E-state index in [-0.39, 0.29) is 6.10 Å². The van der Waals surface area contributed by atoms with Gasteiger partial charge in [0.25, 0.3) is 0 Å². The van der Waals surface area contributed by atoms with Crippen LogP contribution in [-0.4, -0.2) is 46.4 Å². The van der Waals surface area contributed by atoms with Crippen molar-refractivity contribution in [3.63, 3.8) is 0 Å². The fourth-order valence-corrected chi connectivity index (χ4v) is 5.86. The third-order valence-electron chi connectivity index (χ3n) is 7.19. The number of aliphatic hydroxyl groups is 1. The number of unbranched alkanes of at least 4 members (excludes halogenated alkanes) is 1. The van der Waals surface area contributed by atoms with E-state index in [4.69, 9.17) is 9.98 Å².